The van der Waals surface area contributed by atoms with E-state index in [9.17, 15) is 0 Å². The molecule has 1 rings (SSSR count). The van der Waals surface area contributed by atoms with Crippen molar-refractivity contribution >= 4 is 29.9 Å². The molecule has 0 amide bonds. The number of benzene rings is 1. The number of rotatable bonds is 6. The maximum Gasteiger partial charge on any atom is 0.193 e. The third-order valence-electron chi connectivity index (χ3n) is 2.71. The average molecular weight is 385 g/mol. The molecule has 1 aromatic carbocycles. The van der Waals surface area contributed by atoms with Gasteiger partial charge in [-0.1, -0.05) is 30.3 Å². The van der Waals surface area contributed by atoms with Gasteiger partial charge in [0.1, 0.15) is 0 Å². The van der Waals surface area contributed by atoms with E-state index in [0.29, 0.717) is 6.54 Å². The zero-order chi connectivity index (χ0) is 13.9. The number of terminal acetylenes is 1. The van der Waals surface area contributed by atoms with Gasteiger partial charge in [-0.3, -0.25) is 0 Å². The molecular formula is C16H24IN3. The van der Waals surface area contributed by atoms with Gasteiger partial charge in [0.15, 0.2) is 5.96 Å². The first-order valence-corrected chi connectivity index (χ1v) is 6.67. The van der Waals surface area contributed by atoms with Crippen molar-refractivity contribution in [2.45, 2.75) is 25.8 Å². The second-order valence-corrected chi connectivity index (χ2v) is 4.61. The van der Waals surface area contributed by atoms with Gasteiger partial charge in [-0.2, -0.15) is 0 Å². The fraction of sp³-hybridized carbons (Fsp3) is 0.438. The second kappa shape index (κ2) is 11.6. The van der Waals surface area contributed by atoms with Crippen molar-refractivity contribution in [1.29, 1.82) is 0 Å². The Hall–Kier alpha value is -1.22. The zero-order valence-electron chi connectivity index (χ0n) is 12.3. The van der Waals surface area contributed by atoms with Crippen molar-refractivity contribution < 1.29 is 0 Å². The highest BCUT2D eigenvalue weighted by Crippen LogP contribution is 2.00. The maximum absolute atomic E-state index is 5.23. The largest absolute Gasteiger partial charge is 0.356 e. The summed E-state index contributed by atoms with van der Waals surface area (Å²) < 4.78 is 0. The minimum absolute atomic E-state index is 0. The second-order valence-electron chi connectivity index (χ2n) is 4.61. The lowest BCUT2D eigenvalue weighted by Gasteiger charge is -2.17. The van der Waals surface area contributed by atoms with Crippen LogP contribution in [0, 0.1) is 12.3 Å². The molecule has 4 heteroatoms. The molecule has 0 aliphatic heterocycles. The molecule has 0 radical (unpaired) electrons. The van der Waals surface area contributed by atoms with Gasteiger partial charge >= 0.3 is 0 Å². The van der Waals surface area contributed by atoms with Crippen LogP contribution < -0.4 is 5.32 Å². The summed E-state index contributed by atoms with van der Waals surface area (Å²) in [5, 5.41) is 3.36. The molecule has 20 heavy (non-hydrogen) atoms. The normalized spacial score (nSPS) is 10.3. The molecule has 0 atom stereocenters. The summed E-state index contributed by atoms with van der Waals surface area (Å²) in [5.74, 6) is 3.58. The van der Waals surface area contributed by atoms with Crippen LogP contribution in [0.2, 0.25) is 0 Å². The van der Waals surface area contributed by atoms with Gasteiger partial charge in [-0.05, 0) is 18.4 Å². The molecule has 0 unspecified atom stereocenters. The molecule has 110 valence electrons. The van der Waals surface area contributed by atoms with Gasteiger partial charge in [0.05, 0.1) is 6.54 Å². The van der Waals surface area contributed by atoms with Crippen molar-refractivity contribution in [2.75, 3.05) is 20.6 Å². The predicted octanol–water partition coefficient (Wildman–Crippen LogP) is 3.12. The Labute approximate surface area is 139 Å². The van der Waals surface area contributed by atoms with Gasteiger partial charge in [-0.15, -0.1) is 36.3 Å². The molecular weight excluding hydrogens is 361 g/mol. The summed E-state index contributed by atoms with van der Waals surface area (Å²) in [7, 11) is 4.00. The summed E-state index contributed by atoms with van der Waals surface area (Å²) in [6, 6.07) is 10.3. The Morgan fingerprint density at radius 3 is 2.55 bits per heavy atom. The van der Waals surface area contributed by atoms with Crippen LogP contribution in [-0.4, -0.2) is 31.5 Å². The van der Waals surface area contributed by atoms with Crippen LogP contribution in [0.3, 0.4) is 0 Å². The molecule has 0 heterocycles. The minimum atomic E-state index is 0. The van der Waals surface area contributed by atoms with E-state index in [1.165, 1.54) is 5.56 Å². The highest BCUT2D eigenvalue weighted by molar-refractivity contribution is 14.0. The van der Waals surface area contributed by atoms with E-state index in [4.69, 9.17) is 6.42 Å². The van der Waals surface area contributed by atoms with Crippen molar-refractivity contribution in [1.82, 2.24) is 10.2 Å². The van der Waals surface area contributed by atoms with E-state index in [1.807, 2.05) is 37.2 Å². The molecule has 0 bridgehead atoms. The van der Waals surface area contributed by atoms with E-state index >= 15 is 0 Å². The first-order chi connectivity index (χ1) is 9.24. The zero-order valence-corrected chi connectivity index (χ0v) is 14.6. The van der Waals surface area contributed by atoms with E-state index in [2.05, 4.69) is 28.4 Å². The van der Waals surface area contributed by atoms with Crippen molar-refractivity contribution in [3.63, 3.8) is 0 Å². The molecule has 0 spiro atoms. The molecule has 0 saturated heterocycles. The van der Waals surface area contributed by atoms with E-state index in [-0.39, 0.29) is 24.0 Å². The lowest BCUT2D eigenvalue weighted by molar-refractivity contribution is 0.571. The van der Waals surface area contributed by atoms with E-state index < -0.39 is 0 Å². The Morgan fingerprint density at radius 1 is 1.25 bits per heavy atom. The lowest BCUT2D eigenvalue weighted by Crippen LogP contribution is -2.37. The van der Waals surface area contributed by atoms with Gasteiger partial charge in [0.2, 0.25) is 0 Å². The van der Waals surface area contributed by atoms with Crippen LogP contribution in [0.25, 0.3) is 0 Å². The molecule has 0 aromatic heterocycles. The molecule has 0 fully saturated rings. The minimum Gasteiger partial charge on any atom is -0.356 e. The Morgan fingerprint density at radius 2 is 1.95 bits per heavy atom. The monoisotopic (exact) mass is 385 g/mol. The number of aliphatic imine (C=N–C) groups is 1. The molecule has 1 aromatic rings. The first kappa shape index (κ1) is 18.8. The number of halogens is 1. The molecule has 1 N–H and O–H groups in total. The number of unbranched alkanes of at least 4 members (excludes halogenated alkanes) is 2. The van der Waals surface area contributed by atoms with Gasteiger partial charge < -0.3 is 10.2 Å². The van der Waals surface area contributed by atoms with Crippen molar-refractivity contribution in [3.05, 3.63) is 35.9 Å². The summed E-state index contributed by atoms with van der Waals surface area (Å²) in [5.41, 5.74) is 1.22. The highest BCUT2D eigenvalue weighted by atomic mass is 127. The number of nitrogens with one attached hydrogen (secondary N) is 1. The summed E-state index contributed by atoms with van der Waals surface area (Å²) >= 11 is 0. The van der Waals surface area contributed by atoms with Gasteiger partial charge in [0, 0.05) is 27.1 Å². The summed E-state index contributed by atoms with van der Waals surface area (Å²) in [6.07, 6.45) is 8.21. The maximum atomic E-state index is 5.23. The van der Waals surface area contributed by atoms with Crippen LogP contribution in [0.4, 0.5) is 0 Å². The summed E-state index contributed by atoms with van der Waals surface area (Å²) in [6.45, 7) is 1.61. The van der Waals surface area contributed by atoms with Crippen LogP contribution in [-0.2, 0) is 6.54 Å². The van der Waals surface area contributed by atoms with Crippen molar-refractivity contribution in [3.8, 4) is 12.3 Å². The molecule has 3 nitrogen and oxygen atoms in total. The number of hydrogen-bond acceptors (Lipinski definition) is 1. The van der Waals surface area contributed by atoms with Gasteiger partial charge in [0.25, 0.3) is 0 Å². The van der Waals surface area contributed by atoms with Crippen molar-refractivity contribution in [2.24, 2.45) is 4.99 Å². The molecule has 0 saturated carbocycles. The number of hydrogen-bond donors (Lipinski definition) is 1. The van der Waals surface area contributed by atoms with Crippen LogP contribution in [0.15, 0.2) is 35.3 Å². The third-order valence-corrected chi connectivity index (χ3v) is 2.71. The van der Waals surface area contributed by atoms with Crippen LogP contribution in [0.1, 0.15) is 24.8 Å². The Kier molecular flexibility index (Phi) is 10.9. The SMILES string of the molecule is C#CCCCCNC(=NCc1ccccc1)N(C)C.I. The first-order valence-electron chi connectivity index (χ1n) is 6.67. The van der Waals surface area contributed by atoms with Gasteiger partial charge in [-0.25, -0.2) is 4.99 Å². The Balaban J connectivity index is 0.00000361. The number of nitrogens with zero attached hydrogens (tertiary/aromatic N) is 2. The number of guanidine groups is 1. The molecule has 0 aliphatic carbocycles. The average Bonchev–Trinajstić information content (AvgIpc) is 2.42. The standard InChI is InChI=1S/C16H23N3.HI/c1-4-5-6-10-13-17-16(19(2)3)18-14-15-11-8-7-9-12-15;/h1,7-9,11-12H,5-6,10,13-14H2,2-3H3,(H,17,18);1H. The highest BCUT2D eigenvalue weighted by Gasteiger charge is 2.00. The smallest absolute Gasteiger partial charge is 0.193 e. The van der Waals surface area contributed by atoms with Crippen LogP contribution >= 0.6 is 24.0 Å². The third kappa shape index (κ3) is 8.05. The van der Waals surface area contributed by atoms with E-state index in [0.717, 1.165) is 31.8 Å². The summed E-state index contributed by atoms with van der Waals surface area (Å²) in [4.78, 5) is 6.61. The fourth-order valence-electron chi connectivity index (χ4n) is 1.66. The molecule has 0 aliphatic rings. The van der Waals surface area contributed by atoms with E-state index in [1.54, 1.807) is 0 Å². The Bertz CT molecular complexity index is 421. The topological polar surface area (TPSA) is 27.6 Å². The lowest BCUT2D eigenvalue weighted by atomic mass is 10.2. The quantitative estimate of drug-likeness (QED) is 0.268. The predicted molar refractivity (Wildman–Crippen MR) is 97.4 cm³/mol. The van der Waals surface area contributed by atoms with Crippen LogP contribution in [0.5, 0.6) is 0 Å². The fourth-order valence-corrected chi connectivity index (χ4v) is 1.66.